The van der Waals surface area contributed by atoms with Gasteiger partial charge >= 0.3 is 11.9 Å². The molecule has 1 aromatic carbocycles. The van der Waals surface area contributed by atoms with Crippen LogP contribution in [0.3, 0.4) is 0 Å². The van der Waals surface area contributed by atoms with E-state index in [0.717, 1.165) is 18.3 Å². The van der Waals surface area contributed by atoms with Crippen molar-refractivity contribution >= 4 is 11.9 Å². The van der Waals surface area contributed by atoms with E-state index in [1.807, 2.05) is 0 Å². The van der Waals surface area contributed by atoms with Gasteiger partial charge in [0, 0.05) is 12.1 Å². The van der Waals surface area contributed by atoms with E-state index in [2.05, 4.69) is 4.98 Å². The van der Waals surface area contributed by atoms with Crippen LogP contribution in [0.4, 0.5) is 8.78 Å². The maximum Gasteiger partial charge on any atom is 0.343 e. The summed E-state index contributed by atoms with van der Waals surface area (Å²) in [6, 6.07) is 3.11. The average molecular weight is 349 g/mol. The van der Waals surface area contributed by atoms with Crippen LogP contribution >= 0.6 is 0 Å². The lowest BCUT2D eigenvalue weighted by molar-refractivity contribution is -0.135. The molecule has 6 nitrogen and oxygen atoms in total. The van der Waals surface area contributed by atoms with Crippen molar-refractivity contribution in [3.8, 4) is 5.75 Å². The van der Waals surface area contributed by atoms with Crippen LogP contribution in [0.1, 0.15) is 40.7 Å². The molecule has 1 N–H and O–H groups in total. The predicted molar refractivity (Wildman–Crippen MR) is 81.5 cm³/mol. The summed E-state index contributed by atoms with van der Waals surface area (Å²) in [5, 5.41) is 0. The molecule has 2 aromatic rings. The molecule has 0 amide bonds. The second-order valence-corrected chi connectivity index (χ2v) is 5.40. The third-order valence-corrected chi connectivity index (χ3v) is 3.86. The summed E-state index contributed by atoms with van der Waals surface area (Å²) in [6.45, 7) is 1.69. The highest BCUT2D eigenvalue weighted by molar-refractivity contribution is 5.94. The van der Waals surface area contributed by atoms with E-state index in [9.17, 15) is 23.2 Å². The lowest BCUT2D eigenvalue weighted by Crippen LogP contribution is -2.30. The van der Waals surface area contributed by atoms with Gasteiger partial charge < -0.3 is 14.5 Å². The Labute approximate surface area is 140 Å². The van der Waals surface area contributed by atoms with Gasteiger partial charge in [-0.2, -0.15) is 0 Å². The van der Waals surface area contributed by atoms with Gasteiger partial charge in [-0.15, -0.1) is 0 Å². The first-order valence-corrected chi connectivity index (χ1v) is 7.50. The Balaban J connectivity index is 2.18. The Hall–Kier alpha value is -3.03. The van der Waals surface area contributed by atoms with Gasteiger partial charge in [-0.3, -0.25) is 9.59 Å². The smallest absolute Gasteiger partial charge is 0.343 e. The number of aromatic amines is 1. The van der Waals surface area contributed by atoms with E-state index in [1.165, 1.54) is 6.07 Å². The molecule has 1 aromatic heterocycles. The molecular weight excluding hydrogens is 336 g/mol. The van der Waals surface area contributed by atoms with Crippen LogP contribution in [0.15, 0.2) is 29.2 Å². The molecule has 0 bridgehead atoms. The fraction of sp³-hybridized carbons (Fsp3) is 0.235. The summed E-state index contributed by atoms with van der Waals surface area (Å²) >= 11 is 0. The minimum Gasteiger partial charge on any atom is -0.462 e. The first-order chi connectivity index (χ1) is 11.9. The molecular formula is C17H13F2NO5. The molecule has 0 fully saturated rings. The molecule has 8 heteroatoms. The van der Waals surface area contributed by atoms with Gasteiger partial charge in [0.2, 0.25) is 0 Å². The maximum atomic E-state index is 13.6. The van der Waals surface area contributed by atoms with Gasteiger partial charge in [0.25, 0.3) is 5.56 Å². The number of hydrogen-bond donors (Lipinski definition) is 1. The fourth-order valence-corrected chi connectivity index (χ4v) is 2.75. The molecule has 2 heterocycles. The first kappa shape index (κ1) is 16.8. The number of esters is 2. The zero-order valence-corrected chi connectivity index (χ0v) is 13.1. The minimum atomic E-state index is -1.10. The lowest BCUT2D eigenvalue weighted by Gasteiger charge is -2.25. The molecule has 0 radical (unpaired) electrons. The molecule has 0 aliphatic carbocycles. The zero-order chi connectivity index (χ0) is 18.1. The maximum absolute atomic E-state index is 13.6. The Morgan fingerprint density at radius 1 is 1.32 bits per heavy atom. The van der Waals surface area contributed by atoms with Gasteiger partial charge in [-0.05, 0) is 24.6 Å². The molecule has 3 rings (SSSR count). The van der Waals surface area contributed by atoms with Crippen LogP contribution in [-0.4, -0.2) is 23.5 Å². The Morgan fingerprint density at radius 2 is 2.08 bits per heavy atom. The number of carbonyl (C=O) groups is 2. The van der Waals surface area contributed by atoms with E-state index in [0.29, 0.717) is 0 Å². The van der Waals surface area contributed by atoms with E-state index in [4.69, 9.17) is 9.47 Å². The molecule has 0 unspecified atom stereocenters. The highest BCUT2D eigenvalue weighted by atomic mass is 19.2. The second kappa shape index (κ2) is 6.46. The van der Waals surface area contributed by atoms with Crippen molar-refractivity contribution in [3.63, 3.8) is 0 Å². The number of ether oxygens (including phenoxy) is 2. The third-order valence-electron chi connectivity index (χ3n) is 3.86. The van der Waals surface area contributed by atoms with E-state index in [1.54, 1.807) is 6.92 Å². The molecule has 1 aliphatic rings. The number of nitrogens with one attached hydrogen (secondary N) is 1. The number of aromatic nitrogens is 1. The van der Waals surface area contributed by atoms with Crippen molar-refractivity contribution in [1.82, 2.24) is 4.98 Å². The highest BCUT2D eigenvalue weighted by Gasteiger charge is 2.35. The van der Waals surface area contributed by atoms with Gasteiger partial charge in [0.15, 0.2) is 17.4 Å². The molecule has 0 spiro atoms. The molecule has 25 heavy (non-hydrogen) atoms. The van der Waals surface area contributed by atoms with Gasteiger partial charge in [-0.1, -0.05) is 6.07 Å². The average Bonchev–Trinajstić information content (AvgIpc) is 2.57. The monoisotopic (exact) mass is 349 g/mol. The second-order valence-electron chi connectivity index (χ2n) is 5.40. The number of halogens is 2. The van der Waals surface area contributed by atoms with Crippen LogP contribution in [0.2, 0.25) is 0 Å². The SMILES string of the molecule is CCOC(=O)c1c[nH]c(=O)c2c1OC(=O)C[C@@H]2c1ccc(F)c(F)c1. The minimum absolute atomic E-state index is 0.00355. The van der Waals surface area contributed by atoms with Gasteiger partial charge in [0.05, 0.1) is 18.6 Å². The van der Waals surface area contributed by atoms with Crippen molar-refractivity contribution in [1.29, 1.82) is 0 Å². The summed E-state index contributed by atoms with van der Waals surface area (Å²) in [7, 11) is 0. The van der Waals surface area contributed by atoms with Crippen molar-refractivity contribution in [3.05, 3.63) is 63.1 Å². The van der Waals surface area contributed by atoms with E-state index >= 15 is 0 Å². The van der Waals surface area contributed by atoms with Gasteiger partial charge in [0.1, 0.15) is 5.56 Å². The summed E-state index contributed by atoms with van der Waals surface area (Å²) in [5.74, 6) is -4.70. The predicted octanol–water partition coefficient (Wildman–Crippen LogP) is 2.27. The van der Waals surface area contributed by atoms with Crippen LogP contribution < -0.4 is 10.3 Å². The molecule has 1 aliphatic heterocycles. The van der Waals surface area contributed by atoms with E-state index in [-0.39, 0.29) is 35.5 Å². The van der Waals surface area contributed by atoms with Crippen LogP contribution in [-0.2, 0) is 9.53 Å². The Bertz CT molecular complexity index is 922. The number of pyridine rings is 1. The van der Waals surface area contributed by atoms with Crippen molar-refractivity contribution < 1.29 is 27.8 Å². The Kier molecular flexibility index (Phi) is 4.35. The van der Waals surface area contributed by atoms with Crippen molar-refractivity contribution in [2.75, 3.05) is 6.61 Å². The van der Waals surface area contributed by atoms with Gasteiger partial charge in [-0.25, -0.2) is 13.6 Å². The zero-order valence-electron chi connectivity index (χ0n) is 13.1. The van der Waals surface area contributed by atoms with Crippen LogP contribution in [0.25, 0.3) is 0 Å². The number of fused-ring (bicyclic) bond motifs is 1. The lowest BCUT2D eigenvalue weighted by atomic mass is 9.86. The quantitative estimate of drug-likeness (QED) is 0.859. The first-order valence-electron chi connectivity index (χ1n) is 7.50. The highest BCUT2D eigenvalue weighted by Crippen LogP contribution is 2.38. The summed E-state index contributed by atoms with van der Waals surface area (Å²) in [5.41, 5.74) is -0.484. The molecule has 1 atom stereocenters. The largest absolute Gasteiger partial charge is 0.462 e. The number of rotatable bonds is 3. The van der Waals surface area contributed by atoms with Crippen LogP contribution in [0, 0.1) is 11.6 Å². The molecule has 130 valence electrons. The summed E-state index contributed by atoms with van der Waals surface area (Å²) < 4.78 is 36.7. The molecule has 0 saturated heterocycles. The van der Waals surface area contributed by atoms with Crippen molar-refractivity contribution in [2.24, 2.45) is 0 Å². The fourth-order valence-electron chi connectivity index (χ4n) is 2.75. The number of H-pyrrole nitrogens is 1. The Morgan fingerprint density at radius 3 is 2.76 bits per heavy atom. The topological polar surface area (TPSA) is 85.5 Å². The standard InChI is InChI=1S/C17H13F2NO5/c1-2-24-17(23)10-7-20-16(22)14-9(6-13(21)25-15(10)14)8-3-4-11(18)12(19)5-8/h3-5,7,9H,2,6H2,1H3,(H,20,22)/t9-/m1/s1. The number of benzene rings is 1. The van der Waals surface area contributed by atoms with Crippen molar-refractivity contribution in [2.45, 2.75) is 19.3 Å². The summed E-state index contributed by atoms with van der Waals surface area (Å²) in [6.07, 6.45) is 0.855. The van der Waals surface area contributed by atoms with Crippen LogP contribution in [0.5, 0.6) is 5.75 Å². The van der Waals surface area contributed by atoms with E-state index < -0.39 is 35.1 Å². The molecule has 0 saturated carbocycles. The number of hydrogen-bond acceptors (Lipinski definition) is 5. The third kappa shape index (κ3) is 3.02. The normalized spacial score (nSPS) is 16.1. The summed E-state index contributed by atoms with van der Waals surface area (Å²) in [4.78, 5) is 38.6. The number of carbonyl (C=O) groups excluding carboxylic acids is 2.